The standard InChI is InChI=1S/C21H16N4OS/c22-13-16-8-10-18(11-9-16)15-27-21-24-23-20(19-7-4-12-26-19)25(21)14-17-5-2-1-3-6-17/h1-12H,14-15H2. The minimum Gasteiger partial charge on any atom is -0.461 e. The van der Waals surface area contributed by atoms with Gasteiger partial charge in [-0.1, -0.05) is 54.2 Å². The quantitative estimate of drug-likeness (QED) is 0.457. The Labute approximate surface area is 161 Å². The highest BCUT2D eigenvalue weighted by molar-refractivity contribution is 7.98. The monoisotopic (exact) mass is 372 g/mol. The van der Waals surface area contributed by atoms with Gasteiger partial charge in [-0.05, 0) is 35.4 Å². The van der Waals surface area contributed by atoms with Crippen molar-refractivity contribution in [2.24, 2.45) is 0 Å². The molecule has 4 aromatic rings. The second kappa shape index (κ2) is 7.94. The van der Waals surface area contributed by atoms with Gasteiger partial charge in [0, 0.05) is 5.75 Å². The van der Waals surface area contributed by atoms with Gasteiger partial charge < -0.3 is 4.42 Å². The van der Waals surface area contributed by atoms with E-state index in [1.54, 1.807) is 18.0 Å². The highest BCUT2D eigenvalue weighted by atomic mass is 32.2. The number of nitrogens with zero attached hydrogens (tertiary/aromatic N) is 4. The Bertz CT molecular complexity index is 1050. The molecule has 0 aliphatic carbocycles. The van der Waals surface area contributed by atoms with Gasteiger partial charge >= 0.3 is 0 Å². The topological polar surface area (TPSA) is 67.6 Å². The molecule has 0 bridgehead atoms. The SMILES string of the molecule is N#Cc1ccc(CSc2nnc(-c3ccco3)n2Cc2ccccc2)cc1. The highest BCUT2D eigenvalue weighted by Crippen LogP contribution is 2.27. The van der Waals surface area contributed by atoms with Crippen molar-refractivity contribution in [2.75, 3.05) is 0 Å². The molecule has 0 atom stereocenters. The van der Waals surface area contributed by atoms with Crippen LogP contribution in [-0.4, -0.2) is 14.8 Å². The van der Waals surface area contributed by atoms with Gasteiger partial charge in [0.2, 0.25) is 5.82 Å². The summed E-state index contributed by atoms with van der Waals surface area (Å²) in [7, 11) is 0. The molecule has 0 radical (unpaired) electrons. The first kappa shape index (κ1) is 17.1. The zero-order valence-corrected chi connectivity index (χ0v) is 15.3. The molecular weight excluding hydrogens is 356 g/mol. The molecule has 0 amide bonds. The molecule has 0 spiro atoms. The predicted molar refractivity (Wildman–Crippen MR) is 104 cm³/mol. The predicted octanol–water partition coefficient (Wildman–Crippen LogP) is 4.75. The molecule has 132 valence electrons. The van der Waals surface area contributed by atoms with Crippen LogP contribution in [0.15, 0.2) is 82.6 Å². The van der Waals surface area contributed by atoms with E-state index in [0.717, 1.165) is 16.5 Å². The summed E-state index contributed by atoms with van der Waals surface area (Å²) >= 11 is 1.62. The van der Waals surface area contributed by atoms with E-state index in [4.69, 9.17) is 9.68 Å². The fourth-order valence-electron chi connectivity index (χ4n) is 2.72. The van der Waals surface area contributed by atoms with Gasteiger partial charge in [-0.15, -0.1) is 10.2 Å². The van der Waals surface area contributed by atoms with E-state index in [1.807, 2.05) is 54.6 Å². The lowest BCUT2D eigenvalue weighted by Crippen LogP contribution is -2.03. The smallest absolute Gasteiger partial charge is 0.200 e. The average molecular weight is 372 g/mol. The van der Waals surface area contributed by atoms with Gasteiger partial charge in [0.15, 0.2) is 10.9 Å². The molecule has 2 aromatic heterocycles. The van der Waals surface area contributed by atoms with Crippen molar-refractivity contribution in [2.45, 2.75) is 17.5 Å². The number of aromatic nitrogens is 3. The number of furan rings is 1. The third-order valence-corrected chi connectivity index (χ3v) is 5.13. The normalized spacial score (nSPS) is 10.6. The van der Waals surface area contributed by atoms with E-state index in [0.29, 0.717) is 23.7 Å². The molecule has 0 saturated carbocycles. The summed E-state index contributed by atoms with van der Waals surface area (Å²) in [6.07, 6.45) is 1.64. The maximum absolute atomic E-state index is 8.92. The van der Waals surface area contributed by atoms with Crippen LogP contribution in [0.2, 0.25) is 0 Å². The molecular formula is C21H16N4OS. The van der Waals surface area contributed by atoms with Crippen molar-refractivity contribution < 1.29 is 4.42 Å². The molecule has 2 aromatic carbocycles. The zero-order chi connectivity index (χ0) is 18.5. The number of rotatable bonds is 6. The Morgan fingerprint density at radius 1 is 0.926 bits per heavy atom. The van der Waals surface area contributed by atoms with Crippen LogP contribution in [0.1, 0.15) is 16.7 Å². The number of benzene rings is 2. The number of nitriles is 1. The van der Waals surface area contributed by atoms with Gasteiger partial charge in [-0.25, -0.2) is 0 Å². The van der Waals surface area contributed by atoms with E-state index < -0.39 is 0 Å². The molecule has 0 unspecified atom stereocenters. The number of hydrogen-bond donors (Lipinski definition) is 0. The first-order valence-corrected chi connectivity index (χ1v) is 9.45. The lowest BCUT2D eigenvalue weighted by Gasteiger charge is -2.09. The lowest BCUT2D eigenvalue weighted by molar-refractivity contribution is 0.569. The summed E-state index contributed by atoms with van der Waals surface area (Å²) < 4.78 is 7.61. The molecule has 6 heteroatoms. The fourth-order valence-corrected chi connectivity index (χ4v) is 3.61. The second-order valence-corrected chi connectivity index (χ2v) is 6.90. The van der Waals surface area contributed by atoms with Crippen LogP contribution in [0.5, 0.6) is 0 Å². The summed E-state index contributed by atoms with van der Waals surface area (Å²) in [5.41, 5.74) is 2.97. The van der Waals surface area contributed by atoms with E-state index in [1.165, 1.54) is 5.56 Å². The lowest BCUT2D eigenvalue weighted by atomic mass is 10.2. The van der Waals surface area contributed by atoms with Crippen molar-refractivity contribution in [1.82, 2.24) is 14.8 Å². The minimum atomic E-state index is 0.663. The zero-order valence-electron chi connectivity index (χ0n) is 14.4. The number of hydrogen-bond acceptors (Lipinski definition) is 5. The summed E-state index contributed by atoms with van der Waals surface area (Å²) in [6.45, 7) is 0.666. The van der Waals surface area contributed by atoms with Crippen molar-refractivity contribution in [3.05, 3.63) is 89.7 Å². The molecule has 27 heavy (non-hydrogen) atoms. The van der Waals surface area contributed by atoms with Crippen LogP contribution in [0.4, 0.5) is 0 Å². The van der Waals surface area contributed by atoms with Crippen LogP contribution >= 0.6 is 11.8 Å². The van der Waals surface area contributed by atoms with Crippen molar-refractivity contribution in [1.29, 1.82) is 5.26 Å². The Morgan fingerprint density at radius 2 is 1.74 bits per heavy atom. The first-order chi connectivity index (χ1) is 13.3. The molecule has 0 saturated heterocycles. The van der Waals surface area contributed by atoms with Crippen molar-refractivity contribution in [3.63, 3.8) is 0 Å². The Hall–Kier alpha value is -3.30. The van der Waals surface area contributed by atoms with Crippen LogP contribution in [-0.2, 0) is 12.3 Å². The van der Waals surface area contributed by atoms with Gasteiger partial charge in [-0.3, -0.25) is 4.57 Å². The van der Waals surface area contributed by atoms with Gasteiger partial charge in [0.25, 0.3) is 0 Å². The van der Waals surface area contributed by atoms with E-state index >= 15 is 0 Å². The molecule has 0 aliphatic heterocycles. The third-order valence-electron chi connectivity index (χ3n) is 4.09. The molecule has 0 fully saturated rings. The average Bonchev–Trinajstić information content (AvgIpc) is 3.38. The Balaban J connectivity index is 1.60. The molecule has 4 rings (SSSR count). The molecule has 2 heterocycles. The minimum absolute atomic E-state index is 0.663. The van der Waals surface area contributed by atoms with Gasteiger partial charge in [-0.2, -0.15) is 5.26 Å². The van der Waals surface area contributed by atoms with E-state index in [9.17, 15) is 0 Å². The van der Waals surface area contributed by atoms with Crippen LogP contribution in [0, 0.1) is 11.3 Å². The Kier molecular flexibility index (Phi) is 5.04. The van der Waals surface area contributed by atoms with Crippen LogP contribution in [0.25, 0.3) is 11.6 Å². The summed E-state index contributed by atoms with van der Waals surface area (Å²) in [6, 6.07) is 23.7. The largest absolute Gasteiger partial charge is 0.461 e. The second-order valence-electron chi connectivity index (χ2n) is 5.95. The Morgan fingerprint density at radius 3 is 2.44 bits per heavy atom. The maximum atomic E-state index is 8.92. The fraction of sp³-hybridized carbons (Fsp3) is 0.0952. The summed E-state index contributed by atoms with van der Waals surface area (Å²) in [5.74, 6) is 2.16. The van der Waals surface area contributed by atoms with E-state index in [-0.39, 0.29) is 0 Å². The van der Waals surface area contributed by atoms with Crippen LogP contribution < -0.4 is 0 Å². The van der Waals surface area contributed by atoms with Crippen LogP contribution in [0.3, 0.4) is 0 Å². The molecule has 0 aliphatic rings. The molecule has 0 N–H and O–H groups in total. The maximum Gasteiger partial charge on any atom is 0.200 e. The van der Waals surface area contributed by atoms with Crippen molar-refractivity contribution in [3.8, 4) is 17.7 Å². The van der Waals surface area contributed by atoms with Gasteiger partial charge in [0.05, 0.1) is 24.4 Å². The third kappa shape index (κ3) is 3.94. The summed E-state index contributed by atoms with van der Waals surface area (Å²) in [5, 5.41) is 18.5. The van der Waals surface area contributed by atoms with Gasteiger partial charge in [0.1, 0.15) is 0 Å². The highest BCUT2D eigenvalue weighted by Gasteiger charge is 2.16. The summed E-state index contributed by atoms with van der Waals surface area (Å²) in [4.78, 5) is 0. The molecule has 5 nitrogen and oxygen atoms in total. The van der Waals surface area contributed by atoms with E-state index in [2.05, 4.69) is 33.0 Å². The van der Waals surface area contributed by atoms with Crippen molar-refractivity contribution >= 4 is 11.8 Å². The number of thioether (sulfide) groups is 1. The first-order valence-electron chi connectivity index (χ1n) is 8.46.